The van der Waals surface area contributed by atoms with Crippen molar-refractivity contribution in [2.75, 3.05) is 6.54 Å². The smallest absolute Gasteiger partial charge is 0.220 e. The molecule has 3 N–H and O–H groups in total. The molecule has 0 saturated heterocycles. The Morgan fingerprint density at radius 1 is 1.56 bits per heavy atom. The van der Waals surface area contributed by atoms with Gasteiger partial charge in [-0.15, -0.1) is 0 Å². The Balaban J connectivity index is 2.52. The minimum atomic E-state index is 0.0303. The van der Waals surface area contributed by atoms with Gasteiger partial charge in [0.1, 0.15) is 0 Å². The van der Waals surface area contributed by atoms with E-state index in [1.807, 2.05) is 31.2 Å². The molecular weight excluding hydrogens is 268 g/mol. The Morgan fingerprint density at radius 3 is 2.94 bits per heavy atom. The molecule has 0 radical (unpaired) electrons. The van der Waals surface area contributed by atoms with Gasteiger partial charge >= 0.3 is 0 Å². The number of nitrogens with two attached hydrogens (primary N) is 1. The van der Waals surface area contributed by atoms with Gasteiger partial charge in [-0.25, -0.2) is 0 Å². The molecule has 1 atom stereocenters. The highest BCUT2D eigenvalue weighted by molar-refractivity contribution is 9.10. The van der Waals surface area contributed by atoms with Crippen LogP contribution in [0.1, 0.15) is 31.4 Å². The summed E-state index contributed by atoms with van der Waals surface area (Å²) >= 11 is 3.41. The topological polar surface area (TPSA) is 55.1 Å². The van der Waals surface area contributed by atoms with Crippen molar-refractivity contribution in [2.24, 2.45) is 5.73 Å². The third-order valence-corrected chi connectivity index (χ3v) is 2.83. The second-order valence-corrected chi connectivity index (χ2v) is 4.65. The molecule has 0 spiro atoms. The molecule has 88 valence electrons. The van der Waals surface area contributed by atoms with Crippen LogP contribution in [0.25, 0.3) is 0 Å². The molecular formula is C12H17BrN2O. The zero-order chi connectivity index (χ0) is 12.0. The van der Waals surface area contributed by atoms with Gasteiger partial charge < -0.3 is 11.1 Å². The van der Waals surface area contributed by atoms with Gasteiger partial charge in [0, 0.05) is 10.9 Å². The summed E-state index contributed by atoms with van der Waals surface area (Å²) in [7, 11) is 0. The van der Waals surface area contributed by atoms with Gasteiger partial charge in [0.15, 0.2) is 0 Å². The Labute approximate surface area is 105 Å². The number of hydrogen-bond donors (Lipinski definition) is 2. The normalized spacial score (nSPS) is 12.2. The molecule has 0 aliphatic heterocycles. The predicted octanol–water partition coefficient (Wildman–Crippen LogP) is 2.37. The standard InChI is InChI=1S/C12H17BrN2O/c1-9(15-12(16)6-3-7-14)10-4-2-5-11(13)8-10/h2,4-5,8-9H,3,6-7,14H2,1H3,(H,15,16)/t9-/m1/s1. The van der Waals surface area contributed by atoms with E-state index in [-0.39, 0.29) is 11.9 Å². The number of rotatable bonds is 5. The van der Waals surface area contributed by atoms with E-state index in [9.17, 15) is 4.79 Å². The highest BCUT2D eigenvalue weighted by atomic mass is 79.9. The molecule has 0 bridgehead atoms. The summed E-state index contributed by atoms with van der Waals surface area (Å²) in [5.41, 5.74) is 6.45. The van der Waals surface area contributed by atoms with E-state index in [0.29, 0.717) is 13.0 Å². The maximum Gasteiger partial charge on any atom is 0.220 e. The van der Waals surface area contributed by atoms with E-state index in [4.69, 9.17) is 5.73 Å². The fourth-order valence-electron chi connectivity index (χ4n) is 1.44. The van der Waals surface area contributed by atoms with Gasteiger partial charge in [-0.3, -0.25) is 4.79 Å². The van der Waals surface area contributed by atoms with E-state index >= 15 is 0 Å². The summed E-state index contributed by atoms with van der Waals surface area (Å²) in [6.45, 7) is 2.53. The van der Waals surface area contributed by atoms with E-state index in [0.717, 1.165) is 16.5 Å². The zero-order valence-electron chi connectivity index (χ0n) is 9.37. The van der Waals surface area contributed by atoms with Gasteiger partial charge in [-0.05, 0) is 37.6 Å². The Hall–Kier alpha value is -0.870. The minimum absolute atomic E-state index is 0.0303. The monoisotopic (exact) mass is 284 g/mol. The SMILES string of the molecule is C[C@@H](NC(=O)CCCN)c1cccc(Br)c1. The summed E-state index contributed by atoms with van der Waals surface area (Å²) in [6.07, 6.45) is 1.23. The minimum Gasteiger partial charge on any atom is -0.350 e. The lowest BCUT2D eigenvalue weighted by Gasteiger charge is -2.14. The number of benzene rings is 1. The summed E-state index contributed by atoms with van der Waals surface area (Å²) in [4.78, 5) is 11.5. The first-order chi connectivity index (χ1) is 7.63. The highest BCUT2D eigenvalue weighted by Crippen LogP contribution is 2.17. The summed E-state index contributed by atoms with van der Waals surface area (Å²) < 4.78 is 1.02. The van der Waals surface area contributed by atoms with Crippen LogP contribution in [0.5, 0.6) is 0 Å². The maximum atomic E-state index is 11.5. The van der Waals surface area contributed by atoms with Crippen LogP contribution in [0.2, 0.25) is 0 Å². The largest absolute Gasteiger partial charge is 0.350 e. The van der Waals surface area contributed by atoms with Crippen molar-refractivity contribution in [3.8, 4) is 0 Å². The van der Waals surface area contributed by atoms with Crippen LogP contribution >= 0.6 is 15.9 Å². The van der Waals surface area contributed by atoms with Crippen LogP contribution in [0, 0.1) is 0 Å². The quantitative estimate of drug-likeness (QED) is 0.872. The molecule has 0 heterocycles. The van der Waals surface area contributed by atoms with Crippen molar-refractivity contribution in [1.29, 1.82) is 0 Å². The lowest BCUT2D eigenvalue weighted by Crippen LogP contribution is -2.26. The van der Waals surface area contributed by atoms with Gasteiger partial charge in [0.25, 0.3) is 0 Å². The molecule has 0 fully saturated rings. The van der Waals surface area contributed by atoms with Crippen molar-refractivity contribution < 1.29 is 4.79 Å². The molecule has 0 aromatic heterocycles. The van der Waals surface area contributed by atoms with Crippen LogP contribution in [0.15, 0.2) is 28.7 Å². The Morgan fingerprint density at radius 2 is 2.31 bits per heavy atom. The average molecular weight is 285 g/mol. The molecule has 0 aliphatic carbocycles. The van der Waals surface area contributed by atoms with Crippen molar-refractivity contribution in [3.05, 3.63) is 34.3 Å². The van der Waals surface area contributed by atoms with Crippen LogP contribution in [0.3, 0.4) is 0 Å². The van der Waals surface area contributed by atoms with Crippen molar-refractivity contribution >= 4 is 21.8 Å². The fourth-order valence-corrected chi connectivity index (χ4v) is 1.85. The van der Waals surface area contributed by atoms with E-state index < -0.39 is 0 Å². The van der Waals surface area contributed by atoms with Gasteiger partial charge in [0.05, 0.1) is 6.04 Å². The first-order valence-electron chi connectivity index (χ1n) is 5.38. The Bertz CT molecular complexity index is 355. The van der Waals surface area contributed by atoms with Crippen molar-refractivity contribution in [1.82, 2.24) is 5.32 Å². The van der Waals surface area contributed by atoms with E-state index in [1.54, 1.807) is 0 Å². The first kappa shape index (κ1) is 13.2. The van der Waals surface area contributed by atoms with Gasteiger partial charge in [-0.1, -0.05) is 28.1 Å². The third-order valence-electron chi connectivity index (χ3n) is 2.33. The van der Waals surface area contributed by atoms with Crippen molar-refractivity contribution in [3.63, 3.8) is 0 Å². The van der Waals surface area contributed by atoms with Crippen molar-refractivity contribution in [2.45, 2.75) is 25.8 Å². The molecule has 1 aromatic carbocycles. The number of hydrogen-bond acceptors (Lipinski definition) is 2. The van der Waals surface area contributed by atoms with Gasteiger partial charge in [-0.2, -0.15) is 0 Å². The van der Waals surface area contributed by atoms with Crippen LogP contribution in [-0.4, -0.2) is 12.5 Å². The summed E-state index contributed by atoms with van der Waals surface area (Å²) in [6, 6.07) is 7.96. The molecule has 1 amide bonds. The third kappa shape index (κ3) is 4.33. The highest BCUT2D eigenvalue weighted by Gasteiger charge is 2.08. The number of nitrogens with one attached hydrogen (secondary N) is 1. The number of amides is 1. The van der Waals surface area contributed by atoms with E-state index in [1.165, 1.54) is 0 Å². The van der Waals surface area contributed by atoms with Crippen LogP contribution in [0.4, 0.5) is 0 Å². The average Bonchev–Trinajstić information content (AvgIpc) is 2.26. The van der Waals surface area contributed by atoms with E-state index in [2.05, 4.69) is 21.2 Å². The number of carbonyl (C=O) groups excluding carboxylic acids is 1. The number of carbonyl (C=O) groups is 1. The Kier molecular flexibility index (Phi) is 5.49. The second kappa shape index (κ2) is 6.66. The van der Waals surface area contributed by atoms with Crippen LogP contribution < -0.4 is 11.1 Å². The molecule has 1 rings (SSSR count). The maximum absolute atomic E-state index is 11.5. The second-order valence-electron chi connectivity index (χ2n) is 3.74. The first-order valence-corrected chi connectivity index (χ1v) is 6.17. The molecule has 0 saturated carbocycles. The zero-order valence-corrected chi connectivity index (χ0v) is 11.0. The molecule has 0 unspecified atom stereocenters. The molecule has 0 aliphatic rings. The fraction of sp³-hybridized carbons (Fsp3) is 0.417. The lowest BCUT2D eigenvalue weighted by atomic mass is 10.1. The molecule has 1 aromatic rings. The predicted molar refractivity (Wildman–Crippen MR) is 69.0 cm³/mol. The van der Waals surface area contributed by atoms with Gasteiger partial charge in [0.2, 0.25) is 5.91 Å². The lowest BCUT2D eigenvalue weighted by molar-refractivity contribution is -0.121. The van der Waals surface area contributed by atoms with Crippen LogP contribution in [-0.2, 0) is 4.79 Å². The molecule has 4 heteroatoms. The summed E-state index contributed by atoms with van der Waals surface area (Å²) in [5.74, 6) is 0.0536. The summed E-state index contributed by atoms with van der Waals surface area (Å²) in [5, 5.41) is 2.94. The molecule has 16 heavy (non-hydrogen) atoms. The number of halogens is 1. The molecule has 3 nitrogen and oxygen atoms in total.